The number of benzene rings is 2. The second kappa shape index (κ2) is 7.38. The first-order chi connectivity index (χ1) is 12.0. The summed E-state index contributed by atoms with van der Waals surface area (Å²) >= 11 is 0. The summed E-state index contributed by atoms with van der Waals surface area (Å²) in [4.78, 5) is 26.1. The van der Waals surface area contributed by atoms with Gasteiger partial charge in [-0.15, -0.1) is 0 Å². The van der Waals surface area contributed by atoms with E-state index in [-0.39, 0.29) is 17.7 Å². The fourth-order valence-corrected chi connectivity index (χ4v) is 2.87. The van der Waals surface area contributed by atoms with Crippen molar-refractivity contribution in [1.82, 2.24) is 0 Å². The molecule has 1 heterocycles. The molecular weight excluding hydrogens is 314 g/mol. The van der Waals surface area contributed by atoms with E-state index in [2.05, 4.69) is 27.7 Å². The number of fused-ring (bicyclic) bond motifs is 1. The third-order valence-electron chi connectivity index (χ3n) is 4.28. The van der Waals surface area contributed by atoms with Gasteiger partial charge in [-0.3, -0.25) is 9.59 Å². The van der Waals surface area contributed by atoms with E-state index in [0.717, 1.165) is 30.0 Å². The van der Waals surface area contributed by atoms with E-state index in [1.165, 1.54) is 5.56 Å². The smallest absolute Gasteiger partial charge is 0.243 e. The Morgan fingerprint density at radius 1 is 1.00 bits per heavy atom. The molecule has 0 fully saturated rings. The summed E-state index contributed by atoms with van der Waals surface area (Å²) in [6.07, 6.45) is 0.980. The Labute approximate surface area is 148 Å². The van der Waals surface area contributed by atoms with Crippen molar-refractivity contribution in [1.29, 1.82) is 0 Å². The number of nitrogens with one attached hydrogen (secondary N) is 2. The van der Waals surface area contributed by atoms with E-state index in [0.29, 0.717) is 6.54 Å². The molecule has 0 aliphatic carbocycles. The average molecular weight is 337 g/mol. The van der Waals surface area contributed by atoms with Crippen LogP contribution in [0, 0.1) is 5.92 Å². The molecule has 0 aromatic heterocycles. The van der Waals surface area contributed by atoms with Crippen molar-refractivity contribution >= 4 is 28.9 Å². The van der Waals surface area contributed by atoms with Crippen molar-refractivity contribution in [2.45, 2.75) is 20.3 Å². The van der Waals surface area contributed by atoms with Crippen LogP contribution in [-0.2, 0) is 16.0 Å². The van der Waals surface area contributed by atoms with Gasteiger partial charge in [0.15, 0.2) is 0 Å². The summed E-state index contributed by atoms with van der Waals surface area (Å²) in [7, 11) is 0. The first kappa shape index (κ1) is 17.0. The van der Waals surface area contributed by atoms with Crippen LogP contribution in [0.4, 0.5) is 17.1 Å². The minimum Gasteiger partial charge on any atom is -0.362 e. The van der Waals surface area contributed by atoms with Crippen LogP contribution in [0.5, 0.6) is 0 Å². The van der Waals surface area contributed by atoms with Crippen LogP contribution in [0.2, 0.25) is 0 Å². The lowest BCUT2D eigenvalue weighted by atomic mass is 10.2. The standard InChI is InChI=1S/C20H23N3O2/c1-14(2)20(25)22-17-9-7-16(8-10-17)21-19(24)13-23-12-11-15-5-3-4-6-18(15)23/h3-10,14H,11-13H2,1-2H3,(H,21,24)(H,22,25). The number of amides is 2. The molecule has 1 aliphatic heterocycles. The predicted octanol–water partition coefficient (Wildman–Crippen LogP) is 3.28. The number of anilines is 3. The summed E-state index contributed by atoms with van der Waals surface area (Å²) in [6, 6.07) is 15.4. The van der Waals surface area contributed by atoms with Gasteiger partial charge in [0.2, 0.25) is 11.8 Å². The van der Waals surface area contributed by atoms with E-state index >= 15 is 0 Å². The molecule has 0 saturated carbocycles. The molecule has 0 bridgehead atoms. The molecule has 130 valence electrons. The second-order valence-electron chi connectivity index (χ2n) is 6.57. The van der Waals surface area contributed by atoms with Crippen molar-refractivity contribution in [3.63, 3.8) is 0 Å². The van der Waals surface area contributed by atoms with E-state index in [1.54, 1.807) is 24.3 Å². The number of nitrogens with zero attached hydrogens (tertiary/aromatic N) is 1. The van der Waals surface area contributed by atoms with Gasteiger partial charge >= 0.3 is 0 Å². The summed E-state index contributed by atoms with van der Waals surface area (Å²) in [6.45, 7) is 4.90. The van der Waals surface area contributed by atoms with E-state index < -0.39 is 0 Å². The molecule has 2 amide bonds. The van der Waals surface area contributed by atoms with Crippen LogP contribution in [0.3, 0.4) is 0 Å². The van der Waals surface area contributed by atoms with Gasteiger partial charge in [-0.1, -0.05) is 32.0 Å². The Morgan fingerprint density at radius 3 is 2.32 bits per heavy atom. The van der Waals surface area contributed by atoms with Crippen molar-refractivity contribution in [3.05, 3.63) is 54.1 Å². The van der Waals surface area contributed by atoms with Gasteiger partial charge in [0, 0.05) is 29.5 Å². The molecule has 0 saturated heterocycles. The van der Waals surface area contributed by atoms with E-state index in [9.17, 15) is 9.59 Å². The maximum Gasteiger partial charge on any atom is 0.243 e. The molecule has 5 nitrogen and oxygen atoms in total. The lowest BCUT2D eigenvalue weighted by Crippen LogP contribution is -2.31. The van der Waals surface area contributed by atoms with Crippen LogP contribution in [-0.4, -0.2) is 24.9 Å². The van der Waals surface area contributed by atoms with Gasteiger partial charge in [-0.25, -0.2) is 0 Å². The highest BCUT2D eigenvalue weighted by molar-refractivity contribution is 5.95. The Hall–Kier alpha value is -2.82. The molecule has 2 aromatic carbocycles. The molecule has 0 radical (unpaired) electrons. The highest BCUT2D eigenvalue weighted by Crippen LogP contribution is 2.27. The van der Waals surface area contributed by atoms with E-state index in [1.807, 2.05) is 26.0 Å². The number of carbonyl (C=O) groups excluding carboxylic acids is 2. The van der Waals surface area contributed by atoms with Gasteiger partial charge < -0.3 is 15.5 Å². The Kier molecular flexibility index (Phi) is 5.03. The zero-order valence-corrected chi connectivity index (χ0v) is 14.6. The minimum absolute atomic E-state index is 0.0236. The molecule has 25 heavy (non-hydrogen) atoms. The number of para-hydroxylation sites is 1. The third-order valence-corrected chi connectivity index (χ3v) is 4.28. The third kappa shape index (κ3) is 4.18. The first-order valence-corrected chi connectivity index (χ1v) is 8.56. The molecule has 0 atom stereocenters. The summed E-state index contributed by atoms with van der Waals surface area (Å²) in [5, 5.41) is 5.74. The molecule has 0 spiro atoms. The minimum atomic E-state index is -0.0669. The zero-order valence-electron chi connectivity index (χ0n) is 14.6. The Balaban J connectivity index is 1.56. The van der Waals surface area contributed by atoms with Crippen LogP contribution >= 0.6 is 0 Å². The first-order valence-electron chi connectivity index (χ1n) is 8.56. The van der Waals surface area contributed by atoms with Crippen molar-refractivity contribution in [2.75, 3.05) is 28.6 Å². The van der Waals surface area contributed by atoms with Crippen molar-refractivity contribution in [2.24, 2.45) is 5.92 Å². The molecule has 1 aliphatic rings. The fraction of sp³-hybridized carbons (Fsp3) is 0.300. The van der Waals surface area contributed by atoms with E-state index in [4.69, 9.17) is 0 Å². The molecule has 5 heteroatoms. The average Bonchev–Trinajstić information content (AvgIpc) is 2.99. The predicted molar refractivity (Wildman–Crippen MR) is 101 cm³/mol. The van der Waals surface area contributed by atoms with Gasteiger partial charge in [-0.2, -0.15) is 0 Å². The molecule has 2 N–H and O–H groups in total. The number of carbonyl (C=O) groups is 2. The van der Waals surface area contributed by atoms with Gasteiger partial charge in [0.1, 0.15) is 0 Å². The van der Waals surface area contributed by atoms with Gasteiger partial charge in [0.05, 0.1) is 6.54 Å². The second-order valence-corrected chi connectivity index (χ2v) is 6.57. The SMILES string of the molecule is CC(C)C(=O)Nc1ccc(NC(=O)CN2CCc3ccccc32)cc1. The zero-order chi connectivity index (χ0) is 17.8. The maximum absolute atomic E-state index is 12.3. The normalized spacial score (nSPS) is 12.8. The molecule has 0 unspecified atom stereocenters. The topological polar surface area (TPSA) is 61.4 Å². The summed E-state index contributed by atoms with van der Waals surface area (Å²) in [5.41, 5.74) is 3.88. The van der Waals surface area contributed by atoms with Crippen LogP contribution < -0.4 is 15.5 Å². The Morgan fingerprint density at radius 2 is 1.64 bits per heavy atom. The van der Waals surface area contributed by atoms with Crippen LogP contribution in [0.25, 0.3) is 0 Å². The quantitative estimate of drug-likeness (QED) is 0.880. The lowest BCUT2D eigenvalue weighted by molar-refractivity contribution is -0.119. The van der Waals surface area contributed by atoms with Crippen molar-refractivity contribution in [3.8, 4) is 0 Å². The highest BCUT2D eigenvalue weighted by Gasteiger charge is 2.20. The molecular formula is C20H23N3O2. The van der Waals surface area contributed by atoms with Gasteiger partial charge in [0.25, 0.3) is 0 Å². The number of hydrogen-bond acceptors (Lipinski definition) is 3. The Bertz CT molecular complexity index is 769. The number of rotatable bonds is 5. The molecule has 3 rings (SSSR count). The summed E-state index contributed by atoms with van der Waals surface area (Å²) in [5.74, 6) is -0.136. The fourth-order valence-electron chi connectivity index (χ4n) is 2.87. The maximum atomic E-state index is 12.3. The largest absolute Gasteiger partial charge is 0.362 e. The number of hydrogen-bond donors (Lipinski definition) is 2. The summed E-state index contributed by atoms with van der Waals surface area (Å²) < 4.78 is 0. The molecule has 2 aromatic rings. The van der Waals surface area contributed by atoms with Crippen LogP contribution in [0.15, 0.2) is 48.5 Å². The lowest BCUT2D eigenvalue weighted by Gasteiger charge is -2.18. The van der Waals surface area contributed by atoms with Crippen molar-refractivity contribution < 1.29 is 9.59 Å². The van der Waals surface area contributed by atoms with Gasteiger partial charge in [-0.05, 0) is 42.3 Å². The highest BCUT2D eigenvalue weighted by atomic mass is 16.2. The van der Waals surface area contributed by atoms with Crippen LogP contribution in [0.1, 0.15) is 19.4 Å². The monoisotopic (exact) mass is 337 g/mol.